The van der Waals surface area contributed by atoms with Gasteiger partial charge >= 0.3 is 12.0 Å². The van der Waals surface area contributed by atoms with Gasteiger partial charge in [0.25, 0.3) is 0 Å². The summed E-state index contributed by atoms with van der Waals surface area (Å²) in [5.41, 5.74) is 0. The quantitative estimate of drug-likeness (QED) is 0.696. The van der Waals surface area contributed by atoms with Gasteiger partial charge in [-0.05, 0) is 33.6 Å². The fourth-order valence-electron chi connectivity index (χ4n) is 2.19. The van der Waals surface area contributed by atoms with E-state index in [0.29, 0.717) is 13.1 Å². The van der Waals surface area contributed by atoms with Crippen molar-refractivity contribution in [1.29, 1.82) is 0 Å². The molecule has 0 bridgehead atoms. The predicted octanol–water partition coefficient (Wildman–Crippen LogP) is 0.892. The Balaban J connectivity index is 2.55. The molecular formula is C14H25N3O4. The van der Waals surface area contributed by atoms with Crippen LogP contribution in [0.4, 0.5) is 4.79 Å². The van der Waals surface area contributed by atoms with Gasteiger partial charge in [0.15, 0.2) is 0 Å². The molecule has 0 heterocycles. The smallest absolute Gasteiger partial charge is 0.318 e. The van der Waals surface area contributed by atoms with E-state index in [0.717, 1.165) is 12.8 Å². The molecular weight excluding hydrogens is 274 g/mol. The number of urea groups is 1. The summed E-state index contributed by atoms with van der Waals surface area (Å²) in [7, 11) is 0. The molecule has 1 fully saturated rings. The van der Waals surface area contributed by atoms with Crippen LogP contribution in [0.25, 0.3) is 0 Å². The van der Waals surface area contributed by atoms with Gasteiger partial charge in [-0.3, -0.25) is 9.59 Å². The van der Waals surface area contributed by atoms with Crippen LogP contribution in [0, 0.1) is 0 Å². The number of rotatable bonds is 8. The first-order chi connectivity index (χ1) is 9.90. The second kappa shape index (κ2) is 7.85. The Kier molecular flexibility index (Phi) is 6.45. The molecule has 1 unspecified atom stereocenters. The van der Waals surface area contributed by atoms with Crippen molar-refractivity contribution in [2.75, 3.05) is 19.6 Å². The summed E-state index contributed by atoms with van der Waals surface area (Å²) in [6, 6.07) is -0.852. The lowest BCUT2D eigenvalue weighted by molar-refractivity contribution is -0.137. The van der Waals surface area contributed by atoms with Crippen molar-refractivity contribution in [3.05, 3.63) is 0 Å². The number of amides is 3. The van der Waals surface area contributed by atoms with Crippen LogP contribution in [0.3, 0.4) is 0 Å². The highest BCUT2D eigenvalue weighted by molar-refractivity contribution is 5.87. The maximum atomic E-state index is 12.2. The van der Waals surface area contributed by atoms with Crippen LogP contribution in [-0.2, 0) is 9.59 Å². The van der Waals surface area contributed by atoms with Crippen molar-refractivity contribution in [3.63, 3.8) is 0 Å². The molecule has 1 aliphatic carbocycles. The molecule has 2 N–H and O–H groups in total. The van der Waals surface area contributed by atoms with Gasteiger partial charge < -0.3 is 20.2 Å². The topological polar surface area (TPSA) is 90.0 Å². The number of likely N-dealkylation sites (N-methyl/N-ethyl adjacent to an activating group) is 1. The van der Waals surface area contributed by atoms with Crippen molar-refractivity contribution in [2.24, 2.45) is 0 Å². The van der Waals surface area contributed by atoms with Crippen molar-refractivity contribution < 1.29 is 19.5 Å². The largest absolute Gasteiger partial charge is 0.481 e. The molecule has 0 aromatic carbocycles. The van der Waals surface area contributed by atoms with Gasteiger partial charge in [0.2, 0.25) is 5.91 Å². The molecule has 1 saturated carbocycles. The van der Waals surface area contributed by atoms with Gasteiger partial charge in [0.05, 0.1) is 6.42 Å². The molecule has 0 radical (unpaired) electrons. The van der Waals surface area contributed by atoms with Crippen LogP contribution in [0.15, 0.2) is 0 Å². The summed E-state index contributed by atoms with van der Waals surface area (Å²) < 4.78 is 0. The second-order valence-electron chi connectivity index (χ2n) is 5.25. The second-order valence-corrected chi connectivity index (χ2v) is 5.25. The number of nitrogens with one attached hydrogen (secondary N) is 1. The summed E-state index contributed by atoms with van der Waals surface area (Å²) in [6.07, 6.45) is 1.71. The van der Waals surface area contributed by atoms with E-state index in [1.165, 1.54) is 4.90 Å². The molecule has 120 valence electrons. The van der Waals surface area contributed by atoms with E-state index in [4.69, 9.17) is 5.11 Å². The van der Waals surface area contributed by atoms with E-state index in [9.17, 15) is 14.4 Å². The highest BCUT2D eigenvalue weighted by atomic mass is 16.4. The molecule has 1 atom stereocenters. The standard InChI is InChI=1S/C14H25N3O4/c1-4-16(5-2)13(20)10(3)15-14(21)17(11-6-7-11)9-8-12(18)19/h10-11H,4-9H2,1-3H3,(H,15,21)(H,18,19). The maximum absolute atomic E-state index is 12.2. The Bertz CT molecular complexity index is 392. The maximum Gasteiger partial charge on any atom is 0.318 e. The van der Waals surface area contributed by atoms with E-state index >= 15 is 0 Å². The third-order valence-corrected chi connectivity index (χ3v) is 3.60. The van der Waals surface area contributed by atoms with Crippen LogP contribution in [0.1, 0.15) is 40.0 Å². The molecule has 21 heavy (non-hydrogen) atoms. The minimum Gasteiger partial charge on any atom is -0.481 e. The first-order valence-electron chi connectivity index (χ1n) is 7.48. The normalized spacial score (nSPS) is 15.2. The third-order valence-electron chi connectivity index (χ3n) is 3.60. The van der Waals surface area contributed by atoms with E-state index in [1.54, 1.807) is 11.8 Å². The molecule has 0 aliphatic heterocycles. The molecule has 0 aromatic heterocycles. The van der Waals surface area contributed by atoms with E-state index < -0.39 is 12.0 Å². The molecule has 7 nitrogen and oxygen atoms in total. The number of hydrogen-bond donors (Lipinski definition) is 2. The number of aliphatic carboxylic acids is 1. The minimum atomic E-state index is -0.930. The van der Waals surface area contributed by atoms with Gasteiger partial charge in [0.1, 0.15) is 6.04 Å². The van der Waals surface area contributed by atoms with Gasteiger partial charge in [-0.25, -0.2) is 4.79 Å². The fourth-order valence-corrected chi connectivity index (χ4v) is 2.19. The van der Waals surface area contributed by atoms with E-state index in [2.05, 4.69) is 5.32 Å². The number of hydrogen-bond acceptors (Lipinski definition) is 3. The van der Waals surface area contributed by atoms with Crippen molar-refractivity contribution in [3.8, 4) is 0 Å². The van der Waals surface area contributed by atoms with E-state index in [1.807, 2.05) is 13.8 Å². The lowest BCUT2D eigenvalue weighted by atomic mass is 10.3. The summed E-state index contributed by atoms with van der Waals surface area (Å²) in [4.78, 5) is 38.1. The van der Waals surface area contributed by atoms with E-state index in [-0.39, 0.29) is 30.9 Å². The van der Waals surface area contributed by atoms with Crippen LogP contribution in [-0.4, -0.2) is 64.5 Å². The van der Waals surface area contributed by atoms with Crippen LogP contribution < -0.4 is 5.32 Å². The molecule has 1 rings (SSSR count). The highest BCUT2D eigenvalue weighted by Crippen LogP contribution is 2.27. The lowest BCUT2D eigenvalue weighted by Crippen LogP contribution is -2.51. The fraction of sp³-hybridized carbons (Fsp3) is 0.786. The molecule has 0 saturated heterocycles. The SMILES string of the molecule is CCN(CC)C(=O)C(C)NC(=O)N(CCC(=O)O)C1CC1. The first kappa shape index (κ1) is 17.3. The van der Waals surface area contributed by atoms with Gasteiger partial charge in [-0.2, -0.15) is 0 Å². The Labute approximate surface area is 125 Å². The molecule has 3 amide bonds. The van der Waals surface area contributed by atoms with Gasteiger partial charge in [-0.15, -0.1) is 0 Å². The monoisotopic (exact) mass is 299 g/mol. The number of carboxylic acid groups (broad SMARTS) is 1. The summed E-state index contributed by atoms with van der Waals surface area (Å²) in [6.45, 7) is 6.80. The zero-order valence-electron chi connectivity index (χ0n) is 13.0. The average molecular weight is 299 g/mol. The minimum absolute atomic E-state index is 0.0811. The van der Waals surface area contributed by atoms with Crippen LogP contribution in [0.2, 0.25) is 0 Å². The summed E-state index contributed by atoms with van der Waals surface area (Å²) in [5.74, 6) is -1.05. The van der Waals surface area contributed by atoms with Crippen molar-refractivity contribution >= 4 is 17.9 Å². The zero-order chi connectivity index (χ0) is 16.0. The Morgan fingerprint density at radius 3 is 2.24 bits per heavy atom. The number of carbonyl (C=O) groups is 3. The molecule has 0 spiro atoms. The molecule has 0 aromatic rings. The Morgan fingerprint density at radius 2 is 1.81 bits per heavy atom. The van der Waals surface area contributed by atoms with Crippen molar-refractivity contribution in [1.82, 2.24) is 15.1 Å². The van der Waals surface area contributed by atoms with Crippen LogP contribution >= 0.6 is 0 Å². The first-order valence-corrected chi connectivity index (χ1v) is 7.48. The highest BCUT2D eigenvalue weighted by Gasteiger charge is 2.34. The number of nitrogens with zero attached hydrogens (tertiary/aromatic N) is 2. The number of carbonyl (C=O) groups excluding carboxylic acids is 2. The summed E-state index contributed by atoms with van der Waals surface area (Å²) in [5, 5.41) is 11.4. The predicted molar refractivity (Wildman–Crippen MR) is 77.9 cm³/mol. The summed E-state index contributed by atoms with van der Waals surface area (Å²) >= 11 is 0. The van der Waals surface area contributed by atoms with Crippen molar-refractivity contribution in [2.45, 2.75) is 52.1 Å². The third kappa shape index (κ3) is 5.24. The van der Waals surface area contributed by atoms with Crippen LogP contribution in [0.5, 0.6) is 0 Å². The Morgan fingerprint density at radius 1 is 1.24 bits per heavy atom. The molecule has 7 heteroatoms. The zero-order valence-corrected chi connectivity index (χ0v) is 13.0. The Hall–Kier alpha value is -1.79. The molecule has 1 aliphatic rings. The number of carboxylic acids is 1. The van der Waals surface area contributed by atoms with Gasteiger partial charge in [-0.1, -0.05) is 0 Å². The van der Waals surface area contributed by atoms with Gasteiger partial charge in [0, 0.05) is 25.7 Å². The lowest BCUT2D eigenvalue weighted by Gasteiger charge is -2.27. The average Bonchev–Trinajstić information content (AvgIpc) is 3.24.